The second kappa shape index (κ2) is 10.1. The Bertz CT molecular complexity index is 1190. The van der Waals surface area contributed by atoms with Crippen LogP contribution in [-0.2, 0) is 0 Å². The van der Waals surface area contributed by atoms with Gasteiger partial charge in [0, 0.05) is 25.2 Å². The number of piperidine rings is 1. The lowest BCUT2D eigenvalue weighted by molar-refractivity contribution is 0.0997. The molecule has 34 heavy (non-hydrogen) atoms. The maximum atomic E-state index is 13.3. The average Bonchev–Trinajstić information content (AvgIpc) is 2.81. The number of benzene rings is 2. The van der Waals surface area contributed by atoms with E-state index in [1.807, 2.05) is 0 Å². The van der Waals surface area contributed by atoms with E-state index in [0.717, 1.165) is 12.8 Å². The van der Waals surface area contributed by atoms with Gasteiger partial charge in [-0.15, -0.1) is 0 Å². The lowest BCUT2D eigenvalue weighted by Gasteiger charge is -2.31. The molecule has 0 bridgehead atoms. The van der Waals surface area contributed by atoms with Gasteiger partial charge in [-0.3, -0.25) is 4.79 Å². The van der Waals surface area contributed by atoms with Crippen LogP contribution in [0.1, 0.15) is 23.2 Å². The standard InChI is InChI=1S/C24H23FN4O5/c25-15-3-1-5-20(11-15)33-18-6-8-19(9-7-18)34-23-21(22(26)30)12-17(13-27-23)28-16-4-2-10-29(14-16)24(31)32/h1,3,5-9,11-13,16,28H,2,4,10,14H2,(H2,26,30)(H,31,32). The van der Waals surface area contributed by atoms with Crippen molar-refractivity contribution in [2.75, 3.05) is 18.4 Å². The Balaban J connectivity index is 1.44. The topological polar surface area (TPSA) is 127 Å². The summed E-state index contributed by atoms with van der Waals surface area (Å²) in [5.74, 6) is 0.151. The minimum Gasteiger partial charge on any atom is -0.465 e. The van der Waals surface area contributed by atoms with E-state index >= 15 is 0 Å². The molecule has 3 aromatic rings. The quantitative estimate of drug-likeness (QED) is 0.469. The van der Waals surface area contributed by atoms with Crippen LogP contribution in [0.15, 0.2) is 60.8 Å². The molecule has 1 aliphatic heterocycles. The van der Waals surface area contributed by atoms with Crippen LogP contribution in [0.2, 0.25) is 0 Å². The Morgan fingerprint density at radius 2 is 1.82 bits per heavy atom. The van der Waals surface area contributed by atoms with E-state index in [1.54, 1.807) is 36.4 Å². The molecule has 9 nitrogen and oxygen atoms in total. The number of hydrogen-bond acceptors (Lipinski definition) is 6. The van der Waals surface area contributed by atoms with Crippen LogP contribution in [0.4, 0.5) is 14.9 Å². The van der Waals surface area contributed by atoms with Gasteiger partial charge in [-0.2, -0.15) is 0 Å². The zero-order chi connectivity index (χ0) is 24.1. The number of pyridine rings is 1. The van der Waals surface area contributed by atoms with Crippen LogP contribution < -0.4 is 20.5 Å². The third kappa shape index (κ3) is 5.71. The Morgan fingerprint density at radius 1 is 1.09 bits per heavy atom. The zero-order valence-electron chi connectivity index (χ0n) is 18.1. The number of nitrogens with zero attached hydrogens (tertiary/aromatic N) is 2. The average molecular weight is 466 g/mol. The smallest absolute Gasteiger partial charge is 0.407 e. The van der Waals surface area contributed by atoms with E-state index < -0.39 is 17.8 Å². The van der Waals surface area contributed by atoms with Gasteiger partial charge in [0.05, 0.1) is 11.9 Å². The number of rotatable bonds is 7. The molecule has 1 unspecified atom stereocenters. The summed E-state index contributed by atoms with van der Waals surface area (Å²) in [5.41, 5.74) is 6.15. The third-order valence-corrected chi connectivity index (χ3v) is 5.25. The zero-order valence-corrected chi connectivity index (χ0v) is 18.1. The molecule has 1 aliphatic rings. The number of primary amides is 1. The van der Waals surface area contributed by atoms with Gasteiger partial charge in [0.15, 0.2) is 0 Å². The number of anilines is 1. The monoisotopic (exact) mass is 466 g/mol. The first-order chi connectivity index (χ1) is 16.4. The number of nitrogens with one attached hydrogen (secondary N) is 1. The fourth-order valence-electron chi connectivity index (χ4n) is 3.65. The number of carboxylic acid groups (broad SMARTS) is 1. The molecule has 4 N–H and O–H groups in total. The second-order valence-electron chi connectivity index (χ2n) is 7.79. The first-order valence-electron chi connectivity index (χ1n) is 10.6. The maximum Gasteiger partial charge on any atom is 0.407 e. The van der Waals surface area contributed by atoms with E-state index in [9.17, 15) is 19.1 Å². The van der Waals surface area contributed by atoms with Crippen molar-refractivity contribution in [1.29, 1.82) is 0 Å². The number of ether oxygens (including phenoxy) is 2. The Morgan fingerprint density at radius 3 is 2.50 bits per heavy atom. The summed E-state index contributed by atoms with van der Waals surface area (Å²) >= 11 is 0. The summed E-state index contributed by atoms with van der Waals surface area (Å²) in [6.45, 7) is 0.834. The van der Waals surface area contributed by atoms with Crippen LogP contribution in [-0.4, -0.2) is 46.1 Å². The number of amides is 2. The van der Waals surface area contributed by atoms with Gasteiger partial charge in [0.1, 0.15) is 28.6 Å². The molecule has 1 fully saturated rings. The Kier molecular flexibility index (Phi) is 6.77. The summed E-state index contributed by atoms with van der Waals surface area (Å²) in [5, 5.41) is 12.4. The molecular formula is C24H23FN4O5. The molecule has 1 saturated heterocycles. The highest BCUT2D eigenvalue weighted by Gasteiger charge is 2.23. The minimum atomic E-state index is -0.960. The van der Waals surface area contributed by atoms with Crippen LogP contribution >= 0.6 is 0 Å². The largest absolute Gasteiger partial charge is 0.465 e. The van der Waals surface area contributed by atoms with Crippen molar-refractivity contribution in [3.8, 4) is 23.1 Å². The molecule has 176 valence electrons. The van der Waals surface area contributed by atoms with Crippen LogP contribution in [0, 0.1) is 5.82 Å². The van der Waals surface area contributed by atoms with Gasteiger partial charge >= 0.3 is 6.09 Å². The van der Waals surface area contributed by atoms with E-state index in [1.165, 1.54) is 29.3 Å². The van der Waals surface area contributed by atoms with Crippen molar-refractivity contribution < 1.29 is 28.6 Å². The van der Waals surface area contributed by atoms with Gasteiger partial charge in [-0.25, -0.2) is 14.2 Å². The van der Waals surface area contributed by atoms with Gasteiger partial charge < -0.3 is 30.5 Å². The normalized spacial score (nSPS) is 15.4. The molecule has 1 atom stereocenters. The lowest BCUT2D eigenvalue weighted by Crippen LogP contribution is -2.44. The summed E-state index contributed by atoms with van der Waals surface area (Å²) in [6.07, 6.45) is 2.07. The predicted molar refractivity (Wildman–Crippen MR) is 122 cm³/mol. The van der Waals surface area contributed by atoms with E-state index in [-0.39, 0.29) is 17.5 Å². The van der Waals surface area contributed by atoms with Crippen LogP contribution in [0.3, 0.4) is 0 Å². The van der Waals surface area contributed by atoms with E-state index in [0.29, 0.717) is 36.0 Å². The van der Waals surface area contributed by atoms with Crippen LogP contribution in [0.5, 0.6) is 23.1 Å². The molecule has 0 saturated carbocycles. The lowest BCUT2D eigenvalue weighted by atomic mass is 10.1. The number of carbonyl (C=O) groups is 2. The first kappa shape index (κ1) is 22.8. The Labute approximate surface area is 194 Å². The Hall–Kier alpha value is -4.34. The fraction of sp³-hybridized carbons (Fsp3) is 0.208. The van der Waals surface area contributed by atoms with Crippen LogP contribution in [0.25, 0.3) is 0 Å². The highest BCUT2D eigenvalue weighted by Crippen LogP contribution is 2.29. The first-order valence-corrected chi connectivity index (χ1v) is 10.6. The van der Waals surface area contributed by atoms with E-state index in [2.05, 4.69) is 10.3 Å². The molecule has 0 aliphatic carbocycles. The number of hydrogen-bond donors (Lipinski definition) is 3. The highest BCUT2D eigenvalue weighted by molar-refractivity contribution is 5.96. The molecule has 0 spiro atoms. The minimum absolute atomic E-state index is 0.0349. The number of aromatic nitrogens is 1. The fourth-order valence-corrected chi connectivity index (χ4v) is 3.65. The predicted octanol–water partition coefficient (Wildman–Crippen LogP) is 4.46. The van der Waals surface area contributed by atoms with Gasteiger partial charge in [0.25, 0.3) is 5.91 Å². The summed E-state index contributed by atoms with van der Waals surface area (Å²) in [4.78, 5) is 28.8. The molecule has 2 amide bonds. The maximum absolute atomic E-state index is 13.3. The molecule has 0 radical (unpaired) electrons. The molecule has 1 aromatic heterocycles. The molecule has 2 heterocycles. The number of nitrogens with two attached hydrogens (primary N) is 1. The van der Waals surface area contributed by atoms with Gasteiger partial charge in [0.2, 0.25) is 5.88 Å². The molecule has 10 heteroatoms. The summed E-state index contributed by atoms with van der Waals surface area (Å²) in [7, 11) is 0. The van der Waals surface area contributed by atoms with Gasteiger partial charge in [-0.05, 0) is 55.3 Å². The number of carbonyl (C=O) groups excluding carboxylic acids is 1. The van der Waals surface area contributed by atoms with Crippen molar-refractivity contribution in [3.63, 3.8) is 0 Å². The van der Waals surface area contributed by atoms with Crippen molar-refractivity contribution in [1.82, 2.24) is 9.88 Å². The third-order valence-electron chi connectivity index (χ3n) is 5.25. The number of likely N-dealkylation sites (tertiary alicyclic amines) is 1. The molecular weight excluding hydrogens is 443 g/mol. The second-order valence-corrected chi connectivity index (χ2v) is 7.79. The SMILES string of the molecule is NC(=O)c1cc(NC2CCCN(C(=O)O)C2)cnc1Oc1ccc(Oc2cccc(F)c2)cc1. The molecule has 4 rings (SSSR count). The molecule has 2 aromatic carbocycles. The summed E-state index contributed by atoms with van der Waals surface area (Å²) < 4.78 is 24.7. The van der Waals surface area contributed by atoms with Crippen molar-refractivity contribution in [2.24, 2.45) is 5.73 Å². The van der Waals surface area contributed by atoms with E-state index in [4.69, 9.17) is 15.2 Å². The summed E-state index contributed by atoms with van der Waals surface area (Å²) in [6, 6.07) is 13.7. The van der Waals surface area contributed by atoms with Gasteiger partial charge in [-0.1, -0.05) is 6.07 Å². The van der Waals surface area contributed by atoms with Crippen molar-refractivity contribution in [2.45, 2.75) is 18.9 Å². The van der Waals surface area contributed by atoms with Crippen molar-refractivity contribution in [3.05, 3.63) is 72.2 Å². The highest BCUT2D eigenvalue weighted by atomic mass is 19.1. The number of halogens is 1. The van der Waals surface area contributed by atoms with Crippen molar-refractivity contribution >= 4 is 17.7 Å².